The lowest BCUT2D eigenvalue weighted by molar-refractivity contribution is 0.102. The maximum absolute atomic E-state index is 12.7. The first-order chi connectivity index (χ1) is 14.2. The second-order valence-corrected chi connectivity index (χ2v) is 6.74. The van der Waals surface area contributed by atoms with Crippen LogP contribution in [0.1, 0.15) is 15.9 Å². The number of carbonyl (C=O) groups excluding carboxylic acids is 1. The van der Waals surface area contributed by atoms with Crippen LogP contribution in [0.2, 0.25) is 0 Å². The molecule has 5 aromatic rings. The molecule has 0 atom stereocenters. The van der Waals surface area contributed by atoms with E-state index in [2.05, 4.69) is 35.8 Å². The van der Waals surface area contributed by atoms with Crippen molar-refractivity contribution in [1.82, 2.24) is 25.1 Å². The molecule has 3 aromatic heterocycles. The average molecular weight is 383 g/mol. The summed E-state index contributed by atoms with van der Waals surface area (Å²) in [6.07, 6.45) is 3.46. The van der Waals surface area contributed by atoms with Crippen LogP contribution < -0.4 is 10.6 Å². The zero-order valence-corrected chi connectivity index (χ0v) is 15.5. The van der Waals surface area contributed by atoms with Crippen LogP contribution in [-0.2, 0) is 0 Å². The lowest BCUT2D eigenvalue weighted by atomic mass is 10.1. The maximum atomic E-state index is 12.7. The lowest BCUT2D eigenvalue weighted by Crippen LogP contribution is -2.11. The Labute approximate surface area is 165 Å². The van der Waals surface area contributed by atoms with E-state index < -0.39 is 0 Å². The average Bonchev–Trinajstić information content (AvgIpc) is 3.34. The summed E-state index contributed by atoms with van der Waals surface area (Å²) in [5, 5.41) is 14.0. The first-order valence-electron chi connectivity index (χ1n) is 9.09. The van der Waals surface area contributed by atoms with Crippen LogP contribution in [-0.4, -0.2) is 31.1 Å². The van der Waals surface area contributed by atoms with Crippen molar-refractivity contribution in [2.24, 2.45) is 0 Å². The summed E-state index contributed by atoms with van der Waals surface area (Å²) in [5.41, 5.74) is 4.64. The fourth-order valence-corrected chi connectivity index (χ4v) is 3.16. The number of aryl methyl sites for hydroxylation is 1. The van der Waals surface area contributed by atoms with Crippen LogP contribution in [0.3, 0.4) is 0 Å². The van der Waals surface area contributed by atoms with E-state index in [0.29, 0.717) is 17.2 Å². The van der Waals surface area contributed by atoms with Crippen molar-refractivity contribution in [2.75, 3.05) is 10.6 Å². The van der Waals surface area contributed by atoms with Gasteiger partial charge >= 0.3 is 0 Å². The first-order valence-corrected chi connectivity index (χ1v) is 9.09. The van der Waals surface area contributed by atoms with Gasteiger partial charge in [0.05, 0.1) is 22.7 Å². The van der Waals surface area contributed by atoms with Crippen LogP contribution in [0.4, 0.5) is 17.5 Å². The zero-order valence-electron chi connectivity index (χ0n) is 15.5. The van der Waals surface area contributed by atoms with Crippen molar-refractivity contribution in [2.45, 2.75) is 6.92 Å². The Hall–Kier alpha value is -4.20. The van der Waals surface area contributed by atoms with Gasteiger partial charge in [-0.05, 0) is 55.0 Å². The van der Waals surface area contributed by atoms with Gasteiger partial charge in [0, 0.05) is 22.8 Å². The Kier molecular flexibility index (Phi) is 3.94. The van der Waals surface area contributed by atoms with E-state index in [4.69, 9.17) is 0 Å². The zero-order chi connectivity index (χ0) is 19.8. The lowest BCUT2D eigenvalue weighted by Gasteiger charge is -2.05. The van der Waals surface area contributed by atoms with Crippen molar-refractivity contribution >= 4 is 45.3 Å². The summed E-state index contributed by atoms with van der Waals surface area (Å²) in [6, 6.07) is 14.8. The van der Waals surface area contributed by atoms with Crippen LogP contribution in [0, 0.1) is 6.92 Å². The molecule has 1 amide bonds. The molecule has 2 aromatic carbocycles. The van der Waals surface area contributed by atoms with E-state index in [1.54, 1.807) is 24.5 Å². The quantitative estimate of drug-likeness (QED) is 0.373. The Balaban J connectivity index is 1.38. The molecule has 0 saturated carbocycles. The standard InChI is InChI=1S/C21H17N7O/c1-12-3-2-8-22-19(12)27-21-25-16-7-5-13(9-18(16)26-21)20(29)24-15-6-4-14-11-23-28-17(14)10-15/h2-11H,1H3,(H,23,28)(H,24,29)(H2,22,25,26,27). The van der Waals surface area contributed by atoms with Crippen LogP contribution in [0.25, 0.3) is 21.9 Å². The molecule has 0 saturated heterocycles. The highest BCUT2D eigenvalue weighted by Crippen LogP contribution is 2.21. The number of anilines is 3. The van der Waals surface area contributed by atoms with Crippen molar-refractivity contribution in [3.05, 3.63) is 72.1 Å². The fraction of sp³-hybridized carbons (Fsp3) is 0.0476. The Bertz CT molecular complexity index is 1350. The van der Waals surface area contributed by atoms with E-state index in [1.165, 1.54) is 0 Å². The summed E-state index contributed by atoms with van der Waals surface area (Å²) < 4.78 is 0. The van der Waals surface area contributed by atoms with Gasteiger partial charge in [-0.1, -0.05) is 6.07 Å². The van der Waals surface area contributed by atoms with E-state index in [-0.39, 0.29) is 5.91 Å². The van der Waals surface area contributed by atoms with Crippen LogP contribution in [0.5, 0.6) is 0 Å². The van der Waals surface area contributed by atoms with Gasteiger partial charge < -0.3 is 15.6 Å². The number of H-pyrrole nitrogens is 2. The molecular formula is C21H17N7O. The number of amides is 1. The maximum Gasteiger partial charge on any atom is 0.255 e. The topological polar surface area (TPSA) is 111 Å². The largest absolute Gasteiger partial charge is 0.324 e. The fourth-order valence-electron chi connectivity index (χ4n) is 3.16. The number of nitrogens with zero attached hydrogens (tertiary/aromatic N) is 3. The highest BCUT2D eigenvalue weighted by molar-refractivity contribution is 6.06. The number of pyridine rings is 1. The van der Waals surface area contributed by atoms with Gasteiger partial charge in [0.25, 0.3) is 5.91 Å². The second kappa shape index (κ2) is 6.75. The van der Waals surface area contributed by atoms with E-state index in [1.807, 2.05) is 43.3 Å². The molecule has 0 aliphatic carbocycles. The third kappa shape index (κ3) is 3.27. The summed E-state index contributed by atoms with van der Waals surface area (Å²) >= 11 is 0. The predicted molar refractivity (Wildman–Crippen MR) is 112 cm³/mol. The van der Waals surface area contributed by atoms with Gasteiger partial charge in [0.15, 0.2) is 0 Å². The molecule has 142 valence electrons. The number of fused-ring (bicyclic) bond motifs is 2. The highest BCUT2D eigenvalue weighted by Gasteiger charge is 2.11. The number of aromatic nitrogens is 5. The minimum absolute atomic E-state index is 0.199. The third-order valence-corrected chi connectivity index (χ3v) is 4.69. The molecule has 0 bridgehead atoms. The number of aromatic amines is 2. The molecule has 3 heterocycles. The smallest absolute Gasteiger partial charge is 0.255 e. The number of imidazole rings is 1. The predicted octanol–water partition coefficient (Wildman–Crippen LogP) is 4.14. The van der Waals surface area contributed by atoms with E-state index in [0.717, 1.165) is 33.3 Å². The number of nitrogens with one attached hydrogen (secondary N) is 4. The number of hydrogen-bond donors (Lipinski definition) is 4. The van der Waals surface area contributed by atoms with Gasteiger partial charge in [-0.3, -0.25) is 9.89 Å². The molecule has 0 aliphatic rings. The summed E-state index contributed by atoms with van der Waals surface area (Å²) in [4.78, 5) is 24.7. The van der Waals surface area contributed by atoms with Crippen molar-refractivity contribution in [3.63, 3.8) is 0 Å². The molecule has 8 heteroatoms. The molecule has 0 fully saturated rings. The van der Waals surface area contributed by atoms with Gasteiger partial charge in [-0.15, -0.1) is 0 Å². The van der Waals surface area contributed by atoms with Gasteiger partial charge in [0.2, 0.25) is 5.95 Å². The molecule has 8 nitrogen and oxygen atoms in total. The van der Waals surface area contributed by atoms with E-state index >= 15 is 0 Å². The summed E-state index contributed by atoms with van der Waals surface area (Å²) in [6.45, 7) is 1.97. The molecular weight excluding hydrogens is 366 g/mol. The highest BCUT2D eigenvalue weighted by atomic mass is 16.1. The number of benzene rings is 2. The van der Waals surface area contributed by atoms with Gasteiger partial charge in [-0.25, -0.2) is 9.97 Å². The Morgan fingerprint density at radius 2 is 2.00 bits per heavy atom. The van der Waals surface area contributed by atoms with Gasteiger partial charge in [-0.2, -0.15) is 5.10 Å². The van der Waals surface area contributed by atoms with Crippen molar-refractivity contribution in [3.8, 4) is 0 Å². The SMILES string of the molecule is Cc1cccnc1Nc1nc2ccc(C(=O)Nc3ccc4cn[nH]c4c3)cc2[nH]1. The molecule has 0 aliphatic heterocycles. The summed E-state index contributed by atoms with van der Waals surface area (Å²) in [5.74, 6) is 1.11. The van der Waals surface area contributed by atoms with Crippen LogP contribution in [0.15, 0.2) is 60.9 Å². The minimum Gasteiger partial charge on any atom is -0.324 e. The minimum atomic E-state index is -0.199. The molecule has 0 radical (unpaired) electrons. The Morgan fingerprint density at radius 1 is 1.07 bits per heavy atom. The van der Waals surface area contributed by atoms with Crippen LogP contribution >= 0.6 is 0 Å². The number of rotatable bonds is 4. The van der Waals surface area contributed by atoms with Crippen molar-refractivity contribution in [1.29, 1.82) is 0 Å². The number of hydrogen-bond acceptors (Lipinski definition) is 5. The molecule has 0 unspecified atom stereocenters. The normalized spacial score (nSPS) is 11.1. The molecule has 0 spiro atoms. The molecule has 29 heavy (non-hydrogen) atoms. The number of carbonyl (C=O) groups is 1. The van der Waals surface area contributed by atoms with Gasteiger partial charge in [0.1, 0.15) is 5.82 Å². The van der Waals surface area contributed by atoms with E-state index in [9.17, 15) is 4.79 Å². The third-order valence-electron chi connectivity index (χ3n) is 4.69. The Morgan fingerprint density at radius 3 is 2.90 bits per heavy atom. The van der Waals surface area contributed by atoms with Crippen molar-refractivity contribution < 1.29 is 4.79 Å². The second-order valence-electron chi connectivity index (χ2n) is 6.74. The monoisotopic (exact) mass is 383 g/mol. The first kappa shape index (κ1) is 16.9. The molecule has 4 N–H and O–H groups in total. The summed E-state index contributed by atoms with van der Waals surface area (Å²) in [7, 11) is 0. The molecule has 5 rings (SSSR count).